The van der Waals surface area contributed by atoms with Crippen molar-refractivity contribution in [1.29, 1.82) is 0 Å². The Labute approximate surface area is 175 Å². The molecular formula is C23H42O6. The van der Waals surface area contributed by atoms with Crippen LogP contribution in [-0.4, -0.2) is 69.3 Å². The lowest BCUT2D eigenvalue weighted by Gasteiger charge is -2.23. The lowest BCUT2D eigenvalue weighted by atomic mass is 9.96. The van der Waals surface area contributed by atoms with Gasteiger partial charge in [0.15, 0.2) is 0 Å². The Morgan fingerprint density at radius 1 is 0.897 bits per heavy atom. The quantitative estimate of drug-likeness (QED) is 0.273. The van der Waals surface area contributed by atoms with E-state index in [1.807, 2.05) is 19.9 Å². The van der Waals surface area contributed by atoms with Gasteiger partial charge in [-0.2, -0.15) is 0 Å². The van der Waals surface area contributed by atoms with Crippen LogP contribution in [0.3, 0.4) is 0 Å². The van der Waals surface area contributed by atoms with E-state index in [9.17, 15) is 20.4 Å². The van der Waals surface area contributed by atoms with E-state index in [0.29, 0.717) is 19.3 Å². The molecule has 0 aliphatic carbocycles. The lowest BCUT2D eigenvalue weighted by Crippen LogP contribution is -2.31. The molecule has 0 spiro atoms. The molecule has 0 aromatic heterocycles. The molecule has 0 amide bonds. The van der Waals surface area contributed by atoms with Gasteiger partial charge in [0.2, 0.25) is 0 Å². The molecule has 0 saturated carbocycles. The first-order valence-corrected chi connectivity index (χ1v) is 11.5. The van der Waals surface area contributed by atoms with Crippen molar-refractivity contribution in [3.63, 3.8) is 0 Å². The van der Waals surface area contributed by atoms with Crippen molar-refractivity contribution in [2.75, 3.05) is 0 Å². The number of hydrogen-bond donors (Lipinski definition) is 4. The Morgan fingerprint density at radius 2 is 1.55 bits per heavy atom. The van der Waals surface area contributed by atoms with Gasteiger partial charge in [-0.3, -0.25) is 0 Å². The smallest absolute Gasteiger partial charge is 0.0840 e. The van der Waals surface area contributed by atoms with Crippen molar-refractivity contribution in [2.24, 2.45) is 0 Å². The van der Waals surface area contributed by atoms with Crippen molar-refractivity contribution in [1.82, 2.24) is 0 Å². The molecule has 2 aliphatic rings. The maximum Gasteiger partial charge on any atom is 0.0840 e. The Balaban J connectivity index is 1.64. The molecule has 1 fully saturated rings. The van der Waals surface area contributed by atoms with Crippen molar-refractivity contribution in [2.45, 2.75) is 134 Å². The molecule has 0 radical (unpaired) electrons. The third kappa shape index (κ3) is 8.27. The first-order valence-electron chi connectivity index (χ1n) is 11.5. The Morgan fingerprint density at radius 3 is 2.14 bits per heavy atom. The van der Waals surface area contributed by atoms with Crippen LogP contribution in [0.25, 0.3) is 0 Å². The molecule has 2 heterocycles. The van der Waals surface area contributed by atoms with E-state index in [1.165, 1.54) is 0 Å². The van der Waals surface area contributed by atoms with Gasteiger partial charge < -0.3 is 29.9 Å². The molecule has 0 bridgehead atoms. The van der Waals surface area contributed by atoms with E-state index >= 15 is 0 Å². The van der Waals surface area contributed by atoms with Gasteiger partial charge in [0.1, 0.15) is 0 Å². The first kappa shape index (κ1) is 24.8. The molecule has 4 N–H and O–H groups in total. The fourth-order valence-corrected chi connectivity index (χ4v) is 4.50. The number of aliphatic hydroxyl groups is 4. The van der Waals surface area contributed by atoms with Gasteiger partial charge in [0.05, 0.1) is 48.8 Å². The maximum atomic E-state index is 10.4. The summed E-state index contributed by atoms with van der Waals surface area (Å²) < 4.78 is 11.5. The molecule has 1 saturated heterocycles. The van der Waals surface area contributed by atoms with Crippen LogP contribution < -0.4 is 0 Å². The third-order valence-corrected chi connectivity index (χ3v) is 6.25. The van der Waals surface area contributed by atoms with Gasteiger partial charge in [-0.15, -0.1) is 0 Å². The minimum Gasteiger partial charge on any atom is -0.393 e. The maximum absolute atomic E-state index is 10.4. The molecule has 6 heteroatoms. The van der Waals surface area contributed by atoms with Crippen molar-refractivity contribution < 1.29 is 29.9 Å². The van der Waals surface area contributed by atoms with Crippen LogP contribution in [0.2, 0.25) is 0 Å². The number of hydrogen-bond acceptors (Lipinski definition) is 6. The highest BCUT2D eigenvalue weighted by Crippen LogP contribution is 2.29. The Kier molecular flexibility index (Phi) is 10.6. The molecule has 0 aromatic rings. The lowest BCUT2D eigenvalue weighted by molar-refractivity contribution is -0.0806. The molecule has 2 rings (SSSR count). The van der Waals surface area contributed by atoms with Crippen LogP contribution in [0, 0.1) is 0 Å². The molecule has 29 heavy (non-hydrogen) atoms. The summed E-state index contributed by atoms with van der Waals surface area (Å²) in [5.41, 5.74) is 1.08. The van der Waals surface area contributed by atoms with Crippen LogP contribution in [0.4, 0.5) is 0 Å². The molecule has 0 aromatic carbocycles. The van der Waals surface area contributed by atoms with Crippen molar-refractivity contribution in [3.8, 4) is 0 Å². The topological polar surface area (TPSA) is 99.4 Å². The van der Waals surface area contributed by atoms with Gasteiger partial charge in [-0.25, -0.2) is 0 Å². The SMILES string of the molecule is CCCCC[C@@H](O)[C@H]1CC[C@H]([C@H](O)CC[C@H](O)C[C@@H](O)CC2=C[C@H](C)O[C@@H]2C)O1. The summed E-state index contributed by atoms with van der Waals surface area (Å²) in [5.74, 6) is 0. The highest BCUT2D eigenvalue weighted by atomic mass is 16.5. The molecule has 2 aliphatic heterocycles. The number of aliphatic hydroxyl groups excluding tert-OH is 4. The summed E-state index contributed by atoms with van der Waals surface area (Å²) in [5, 5.41) is 41.2. The zero-order valence-corrected chi connectivity index (χ0v) is 18.4. The first-order chi connectivity index (χ1) is 13.8. The van der Waals surface area contributed by atoms with Crippen LogP contribution >= 0.6 is 0 Å². The van der Waals surface area contributed by atoms with Crippen molar-refractivity contribution in [3.05, 3.63) is 11.6 Å². The zero-order chi connectivity index (χ0) is 21.4. The number of rotatable bonds is 13. The minimum absolute atomic E-state index is 0.0170. The van der Waals surface area contributed by atoms with E-state index in [1.54, 1.807) is 0 Å². The van der Waals surface area contributed by atoms with Crippen LogP contribution in [0.15, 0.2) is 11.6 Å². The van der Waals surface area contributed by atoms with E-state index in [-0.39, 0.29) is 30.8 Å². The van der Waals surface area contributed by atoms with Crippen LogP contribution in [0.1, 0.15) is 85.0 Å². The summed E-state index contributed by atoms with van der Waals surface area (Å²) in [6.45, 7) is 6.09. The number of unbranched alkanes of at least 4 members (excludes halogenated alkanes) is 2. The molecule has 0 unspecified atom stereocenters. The zero-order valence-electron chi connectivity index (χ0n) is 18.4. The van der Waals surface area contributed by atoms with Gasteiger partial charge in [0.25, 0.3) is 0 Å². The average Bonchev–Trinajstić information content (AvgIpc) is 3.26. The van der Waals surface area contributed by atoms with E-state index in [4.69, 9.17) is 9.47 Å². The molecule has 8 atom stereocenters. The standard InChI is InChI=1S/C23H42O6/c1-4-5-6-7-20(26)22-10-11-23(29-22)21(27)9-8-18(24)14-19(25)13-17-12-15(2)28-16(17)3/h12,15-16,18-27H,4-11,13-14H2,1-3H3/t15-,16+,18-,19-,20+,21+,22+,23+/m0/s1. The monoisotopic (exact) mass is 414 g/mol. The highest BCUT2D eigenvalue weighted by Gasteiger charge is 2.34. The summed E-state index contributed by atoms with van der Waals surface area (Å²) in [4.78, 5) is 0. The van der Waals surface area contributed by atoms with Gasteiger partial charge in [0, 0.05) is 0 Å². The van der Waals surface area contributed by atoms with Crippen LogP contribution in [0.5, 0.6) is 0 Å². The third-order valence-electron chi connectivity index (χ3n) is 6.25. The Bertz CT molecular complexity index is 496. The average molecular weight is 415 g/mol. The predicted octanol–water partition coefficient (Wildman–Crippen LogP) is 2.85. The Hall–Kier alpha value is -0.500. The minimum atomic E-state index is -0.660. The predicted molar refractivity (Wildman–Crippen MR) is 113 cm³/mol. The second-order valence-corrected chi connectivity index (χ2v) is 8.97. The molecule has 170 valence electrons. The van der Waals surface area contributed by atoms with Gasteiger partial charge in [-0.1, -0.05) is 32.3 Å². The summed E-state index contributed by atoms with van der Waals surface area (Å²) in [7, 11) is 0. The van der Waals surface area contributed by atoms with E-state index in [2.05, 4.69) is 6.92 Å². The molecular weight excluding hydrogens is 372 g/mol. The molecule has 6 nitrogen and oxygen atoms in total. The highest BCUT2D eigenvalue weighted by molar-refractivity contribution is 5.15. The fraction of sp³-hybridized carbons (Fsp3) is 0.913. The van der Waals surface area contributed by atoms with E-state index < -0.39 is 24.4 Å². The second-order valence-electron chi connectivity index (χ2n) is 8.97. The fourth-order valence-electron chi connectivity index (χ4n) is 4.50. The summed E-state index contributed by atoms with van der Waals surface area (Å²) in [6.07, 6.45) is 6.41. The van der Waals surface area contributed by atoms with Gasteiger partial charge >= 0.3 is 0 Å². The second kappa shape index (κ2) is 12.4. The van der Waals surface area contributed by atoms with E-state index in [0.717, 1.165) is 44.1 Å². The summed E-state index contributed by atoms with van der Waals surface area (Å²) >= 11 is 0. The normalized spacial score (nSPS) is 31.5. The number of ether oxygens (including phenoxy) is 2. The van der Waals surface area contributed by atoms with Gasteiger partial charge in [-0.05, 0) is 64.4 Å². The van der Waals surface area contributed by atoms with Crippen molar-refractivity contribution >= 4 is 0 Å². The summed E-state index contributed by atoms with van der Waals surface area (Å²) in [6, 6.07) is 0. The largest absolute Gasteiger partial charge is 0.393 e. The van der Waals surface area contributed by atoms with Crippen LogP contribution in [-0.2, 0) is 9.47 Å².